The minimum absolute atomic E-state index is 0.0258. The maximum atomic E-state index is 12.4. The van der Waals surface area contributed by atoms with Crippen LogP contribution in [-0.4, -0.2) is 32.8 Å². The highest BCUT2D eigenvalue weighted by atomic mass is 32.2. The van der Waals surface area contributed by atoms with E-state index in [1.165, 1.54) is 0 Å². The number of nitrogens with one attached hydrogen (secondary N) is 3. The van der Waals surface area contributed by atoms with Crippen molar-refractivity contribution in [1.29, 1.82) is 0 Å². The SMILES string of the molecule is CC(C)c1ccc(S(=O)(=O)NCCC(=O)Nc2cccc(C(=O)NC3CC3)c2)cc1. The summed E-state index contributed by atoms with van der Waals surface area (Å²) in [5.41, 5.74) is 2.03. The molecular weight excluding hydrogens is 402 g/mol. The van der Waals surface area contributed by atoms with Gasteiger partial charge in [-0.05, 0) is 54.7 Å². The standard InChI is InChI=1S/C22H27N3O4S/c1-15(2)16-6-10-20(11-7-16)30(28,29)23-13-12-21(26)24-19-5-3-4-17(14-19)22(27)25-18-8-9-18/h3-7,10-11,14-15,18,23H,8-9,12-13H2,1-2H3,(H,24,26)(H,25,27). The molecule has 0 aliphatic heterocycles. The molecule has 0 bridgehead atoms. The molecule has 1 aliphatic rings. The van der Waals surface area contributed by atoms with Crippen LogP contribution in [0.2, 0.25) is 0 Å². The van der Waals surface area contributed by atoms with Gasteiger partial charge in [-0.2, -0.15) is 0 Å². The fraction of sp³-hybridized carbons (Fsp3) is 0.364. The Balaban J connectivity index is 1.50. The highest BCUT2D eigenvalue weighted by Crippen LogP contribution is 2.20. The summed E-state index contributed by atoms with van der Waals surface area (Å²) in [4.78, 5) is 24.5. The Kier molecular flexibility index (Phi) is 6.89. The Morgan fingerprint density at radius 3 is 2.40 bits per heavy atom. The molecule has 160 valence electrons. The average Bonchev–Trinajstić information content (AvgIpc) is 3.52. The van der Waals surface area contributed by atoms with Crippen molar-refractivity contribution in [2.75, 3.05) is 11.9 Å². The normalized spacial score (nSPS) is 13.8. The number of hydrogen-bond acceptors (Lipinski definition) is 4. The predicted octanol–water partition coefficient (Wildman–Crippen LogP) is 3.01. The van der Waals surface area contributed by atoms with E-state index in [0.29, 0.717) is 17.2 Å². The van der Waals surface area contributed by atoms with Crippen LogP contribution in [0.1, 0.15) is 54.9 Å². The first kappa shape index (κ1) is 22.0. The topological polar surface area (TPSA) is 104 Å². The lowest BCUT2D eigenvalue weighted by Gasteiger charge is -2.10. The zero-order valence-corrected chi connectivity index (χ0v) is 18.0. The molecule has 3 rings (SSSR count). The number of benzene rings is 2. The molecule has 0 aromatic heterocycles. The van der Waals surface area contributed by atoms with Crippen LogP contribution in [0.3, 0.4) is 0 Å². The van der Waals surface area contributed by atoms with Crippen molar-refractivity contribution in [3.8, 4) is 0 Å². The molecule has 0 atom stereocenters. The molecule has 0 spiro atoms. The predicted molar refractivity (Wildman–Crippen MR) is 116 cm³/mol. The van der Waals surface area contributed by atoms with Crippen molar-refractivity contribution in [3.63, 3.8) is 0 Å². The Morgan fingerprint density at radius 2 is 1.77 bits per heavy atom. The number of rotatable bonds is 9. The first-order chi connectivity index (χ1) is 14.2. The lowest BCUT2D eigenvalue weighted by molar-refractivity contribution is -0.116. The van der Waals surface area contributed by atoms with Crippen LogP contribution in [0.5, 0.6) is 0 Å². The van der Waals surface area contributed by atoms with Crippen LogP contribution in [0, 0.1) is 0 Å². The van der Waals surface area contributed by atoms with Crippen LogP contribution in [0.15, 0.2) is 53.4 Å². The van der Waals surface area contributed by atoms with E-state index in [1.54, 1.807) is 48.5 Å². The molecule has 0 heterocycles. The molecule has 1 fully saturated rings. The second kappa shape index (κ2) is 9.40. The van der Waals surface area contributed by atoms with E-state index in [2.05, 4.69) is 15.4 Å². The second-order valence-electron chi connectivity index (χ2n) is 7.75. The van der Waals surface area contributed by atoms with Gasteiger partial charge >= 0.3 is 0 Å². The van der Waals surface area contributed by atoms with Gasteiger partial charge in [0.05, 0.1) is 4.90 Å². The van der Waals surface area contributed by atoms with Crippen molar-refractivity contribution >= 4 is 27.5 Å². The lowest BCUT2D eigenvalue weighted by atomic mass is 10.0. The van der Waals surface area contributed by atoms with E-state index >= 15 is 0 Å². The van der Waals surface area contributed by atoms with Gasteiger partial charge in [-0.15, -0.1) is 0 Å². The fourth-order valence-corrected chi connectivity index (χ4v) is 3.90. The molecule has 8 heteroatoms. The number of hydrogen-bond donors (Lipinski definition) is 3. The Morgan fingerprint density at radius 1 is 1.07 bits per heavy atom. The van der Waals surface area contributed by atoms with Crippen LogP contribution in [0.25, 0.3) is 0 Å². The molecule has 0 radical (unpaired) electrons. The number of amides is 2. The molecule has 0 unspecified atom stereocenters. The molecular formula is C22H27N3O4S. The number of carbonyl (C=O) groups is 2. The maximum Gasteiger partial charge on any atom is 0.251 e. The monoisotopic (exact) mass is 429 g/mol. The van der Waals surface area contributed by atoms with Gasteiger partial charge < -0.3 is 10.6 Å². The third-order valence-corrected chi connectivity index (χ3v) is 6.30. The summed E-state index contributed by atoms with van der Waals surface area (Å²) < 4.78 is 27.2. The van der Waals surface area contributed by atoms with Crippen LogP contribution >= 0.6 is 0 Å². The van der Waals surface area contributed by atoms with Crippen LogP contribution in [-0.2, 0) is 14.8 Å². The maximum absolute atomic E-state index is 12.4. The molecule has 2 aromatic carbocycles. The molecule has 2 aromatic rings. The molecule has 7 nitrogen and oxygen atoms in total. The summed E-state index contributed by atoms with van der Waals surface area (Å²) >= 11 is 0. The van der Waals surface area contributed by atoms with E-state index < -0.39 is 10.0 Å². The summed E-state index contributed by atoms with van der Waals surface area (Å²) in [6.07, 6.45) is 1.97. The van der Waals surface area contributed by atoms with Gasteiger partial charge in [0.25, 0.3) is 5.91 Å². The molecule has 1 aliphatic carbocycles. The van der Waals surface area contributed by atoms with Crippen LogP contribution < -0.4 is 15.4 Å². The van der Waals surface area contributed by atoms with Crippen molar-refractivity contribution < 1.29 is 18.0 Å². The molecule has 3 N–H and O–H groups in total. The van der Waals surface area contributed by atoms with E-state index in [9.17, 15) is 18.0 Å². The van der Waals surface area contributed by atoms with Gasteiger partial charge in [0, 0.05) is 30.3 Å². The number of carbonyl (C=O) groups excluding carboxylic acids is 2. The highest BCUT2D eigenvalue weighted by Gasteiger charge is 2.23. The average molecular weight is 430 g/mol. The van der Waals surface area contributed by atoms with Gasteiger partial charge in [-0.1, -0.05) is 32.0 Å². The van der Waals surface area contributed by atoms with Crippen molar-refractivity contribution in [2.24, 2.45) is 0 Å². The van der Waals surface area contributed by atoms with Crippen LogP contribution in [0.4, 0.5) is 5.69 Å². The first-order valence-electron chi connectivity index (χ1n) is 10.0. The summed E-state index contributed by atoms with van der Waals surface area (Å²) in [7, 11) is -3.68. The lowest BCUT2D eigenvalue weighted by Crippen LogP contribution is -2.28. The van der Waals surface area contributed by atoms with Gasteiger partial charge in [0.15, 0.2) is 0 Å². The Labute approximate surface area is 177 Å². The van der Waals surface area contributed by atoms with Crippen molar-refractivity contribution in [2.45, 2.75) is 50.0 Å². The van der Waals surface area contributed by atoms with E-state index in [4.69, 9.17) is 0 Å². The first-order valence-corrected chi connectivity index (χ1v) is 11.5. The number of anilines is 1. The third kappa shape index (κ3) is 6.14. The summed E-state index contributed by atoms with van der Waals surface area (Å²) in [6, 6.07) is 13.6. The highest BCUT2D eigenvalue weighted by molar-refractivity contribution is 7.89. The largest absolute Gasteiger partial charge is 0.349 e. The summed E-state index contributed by atoms with van der Waals surface area (Å²) in [6.45, 7) is 4.05. The quantitative estimate of drug-likeness (QED) is 0.570. The van der Waals surface area contributed by atoms with Crippen molar-refractivity contribution in [3.05, 3.63) is 59.7 Å². The molecule has 30 heavy (non-hydrogen) atoms. The zero-order chi connectivity index (χ0) is 21.7. The van der Waals surface area contributed by atoms with Gasteiger partial charge in [-0.3, -0.25) is 9.59 Å². The minimum atomic E-state index is -3.68. The van der Waals surface area contributed by atoms with E-state index in [0.717, 1.165) is 18.4 Å². The molecule has 0 saturated heterocycles. The molecule has 2 amide bonds. The second-order valence-corrected chi connectivity index (χ2v) is 9.52. The smallest absolute Gasteiger partial charge is 0.251 e. The zero-order valence-electron chi connectivity index (χ0n) is 17.1. The summed E-state index contributed by atoms with van der Waals surface area (Å²) in [5.74, 6) is -0.186. The summed E-state index contributed by atoms with van der Waals surface area (Å²) in [5, 5.41) is 5.60. The Bertz CT molecular complexity index is 1010. The van der Waals surface area contributed by atoms with Gasteiger partial charge in [0.1, 0.15) is 0 Å². The minimum Gasteiger partial charge on any atom is -0.349 e. The third-order valence-electron chi connectivity index (χ3n) is 4.82. The van der Waals surface area contributed by atoms with E-state index in [1.807, 2.05) is 13.8 Å². The van der Waals surface area contributed by atoms with Gasteiger partial charge in [-0.25, -0.2) is 13.1 Å². The Hall–Kier alpha value is -2.71. The molecule has 1 saturated carbocycles. The number of sulfonamides is 1. The van der Waals surface area contributed by atoms with Crippen molar-refractivity contribution in [1.82, 2.24) is 10.0 Å². The fourth-order valence-electron chi connectivity index (χ4n) is 2.87. The van der Waals surface area contributed by atoms with Gasteiger partial charge in [0.2, 0.25) is 15.9 Å². The van der Waals surface area contributed by atoms with E-state index in [-0.39, 0.29) is 35.7 Å².